The van der Waals surface area contributed by atoms with Crippen molar-refractivity contribution in [1.29, 1.82) is 0 Å². The number of benzene rings is 1. The molecule has 6 heteroatoms. The minimum Gasteiger partial charge on any atom is -0.302 e. The van der Waals surface area contributed by atoms with E-state index < -0.39 is 11.7 Å². The maximum Gasteiger partial charge on any atom is 0.416 e. The third kappa shape index (κ3) is 2.31. The largest absolute Gasteiger partial charge is 0.416 e. The Bertz CT molecular complexity index is 614. The average Bonchev–Trinajstić information content (AvgIpc) is 2.80. The average molecular weight is 281 g/mol. The normalized spacial score (nSPS) is 16.2. The summed E-state index contributed by atoms with van der Waals surface area (Å²) in [7, 11) is 2.04. The van der Waals surface area contributed by atoms with Crippen LogP contribution in [0.1, 0.15) is 16.8 Å². The van der Waals surface area contributed by atoms with E-state index in [2.05, 4.69) is 10.00 Å². The standard InChI is InChI=1S/C14H14F3N3/c1-19-7-6-13-10(9-19)8-18-20(13)12-4-2-11(3-5-12)14(15,16)17/h2-5,8H,6-7,9H2,1H3. The minimum atomic E-state index is -4.30. The predicted octanol–water partition coefficient (Wildman–Crippen LogP) is 2.88. The van der Waals surface area contributed by atoms with Gasteiger partial charge in [-0.2, -0.15) is 18.3 Å². The summed E-state index contributed by atoms with van der Waals surface area (Å²) in [5, 5.41) is 4.30. The van der Waals surface area contributed by atoms with Crippen molar-refractivity contribution in [2.75, 3.05) is 13.6 Å². The number of nitrogens with zero attached hydrogens (tertiary/aromatic N) is 3. The summed E-state index contributed by atoms with van der Waals surface area (Å²) in [6.07, 6.45) is -1.65. The maximum atomic E-state index is 12.6. The highest BCUT2D eigenvalue weighted by Crippen LogP contribution is 2.30. The molecule has 0 radical (unpaired) electrons. The molecule has 1 aliphatic rings. The van der Waals surface area contributed by atoms with Gasteiger partial charge in [-0.1, -0.05) is 0 Å². The van der Waals surface area contributed by atoms with Crippen molar-refractivity contribution in [3.05, 3.63) is 47.3 Å². The van der Waals surface area contributed by atoms with Crippen LogP contribution in [0.3, 0.4) is 0 Å². The summed E-state index contributed by atoms with van der Waals surface area (Å²) in [6, 6.07) is 5.12. The predicted molar refractivity (Wildman–Crippen MR) is 68.6 cm³/mol. The molecule has 0 fully saturated rings. The van der Waals surface area contributed by atoms with E-state index in [4.69, 9.17) is 0 Å². The van der Waals surface area contributed by atoms with E-state index in [-0.39, 0.29) is 0 Å². The summed E-state index contributed by atoms with van der Waals surface area (Å²) >= 11 is 0. The summed E-state index contributed by atoms with van der Waals surface area (Å²) in [4.78, 5) is 2.20. The quantitative estimate of drug-likeness (QED) is 0.801. The molecule has 1 aromatic carbocycles. The number of hydrogen-bond donors (Lipinski definition) is 0. The van der Waals surface area contributed by atoms with Crippen LogP contribution in [-0.4, -0.2) is 28.3 Å². The minimum absolute atomic E-state index is 0.637. The lowest BCUT2D eigenvalue weighted by atomic mass is 10.1. The maximum absolute atomic E-state index is 12.6. The van der Waals surface area contributed by atoms with Crippen LogP contribution in [0.4, 0.5) is 13.2 Å². The van der Waals surface area contributed by atoms with Crippen LogP contribution >= 0.6 is 0 Å². The highest BCUT2D eigenvalue weighted by molar-refractivity contribution is 5.38. The van der Waals surface area contributed by atoms with E-state index in [0.29, 0.717) is 5.69 Å². The molecule has 0 saturated heterocycles. The van der Waals surface area contributed by atoms with Crippen molar-refractivity contribution in [3.8, 4) is 5.69 Å². The van der Waals surface area contributed by atoms with E-state index in [0.717, 1.165) is 42.9 Å². The number of aromatic nitrogens is 2. The molecular formula is C14H14F3N3. The molecule has 2 heterocycles. The van der Waals surface area contributed by atoms with Gasteiger partial charge in [0.1, 0.15) is 0 Å². The van der Waals surface area contributed by atoms with Gasteiger partial charge in [-0.25, -0.2) is 4.68 Å². The van der Waals surface area contributed by atoms with Crippen LogP contribution in [0, 0.1) is 0 Å². The zero-order valence-corrected chi connectivity index (χ0v) is 11.0. The Balaban J connectivity index is 1.94. The fourth-order valence-corrected chi connectivity index (χ4v) is 2.49. The van der Waals surface area contributed by atoms with Crippen molar-refractivity contribution in [2.24, 2.45) is 0 Å². The first-order valence-corrected chi connectivity index (χ1v) is 6.37. The third-order valence-corrected chi connectivity index (χ3v) is 3.57. The molecule has 0 unspecified atom stereocenters. The van der Waals surface area contributed by atoms with Gasteiger partial charge in [0.15, 0.2) is 0 Å². The number of hydrogen-bond acceptors (Lipinski definition) is 2. The van der Waals surface area contributed by atoms with Gasteiger partial charge in [-0.15, -0.1) is 0 Å². The Labute approximate surface area is 114 Å². The topological polar surface area (TPSA) is 21.1 Å². The zero-order valence-electron chi connectivity index (χ0n) is 11.0. The molecule has 0 amide bonds. The smallest absolute Gasteiger partial charge is 0.302 e. The second-order valence-electron chi connectivity index (χ2n) is 5.06. The molecule has 1 aliphatic heterocycles. The van der Waals surface area contributed by atoms with Crippen molar-refractivity contribution in [2.45, 2.75) is 19.1 Å². The number of alkyl halides is 3. The molecule has 0 spiro atoms. The molecule has 3 rings (SSSR count). The first-order chi connectivity index (χ1) is 9.45. The zero-order chi connectivity index (χ0) is 14.3. The highest BCUT2D eigenvalue weighted by Gasteiger charge is 2.30. The van der Waals surface area contributed by atoms with E-state index in [1.165, 1.54) is 12.1 Å². The Hall–Kier alpha value is -1.82. The number of rotatable bonds is 1. The van der Waals surface area contributed by atoms with Crippen LogP contribution in [0.25, 0.3) is 5.69 Å². The van der Waals surface area contributed by atoms with Crippen LogP contribution < -0.4 is 0 Å². The van der Waals surface area contributed by atoms with E-state index in [1.807, 2.05) is 7.05 Å². The molecule has 20 heavy (non-hydrogen) atoms. The van der Waals surface area contributed by atoms with Gasteiger partial charge in [0.05, 0.1) is 17.4 Å². The van der Waals surface area contributed by atoms with Gasteiger partial charge in [0, 0.05) is 30.8 Å². The van der Waals surface area contributed by atoms with Gasteiger partial charge in [-0.3, -0.25) is 0 Å². The van der Waals surface area contributed by atoms with Crippen LogP contribution in [-0.2, 0) is 19.1 Å². The van der Waals surface area contributed by atoms with Gasteiger partial charge in [0.25, 0.3) is 0 Å². The Morgan fingerprint density at radius 2 is 1.85 bits per heavy atom. The monoisotopic (exact) mass is 281 g/mol. The summed E-state index contributed by atoms with van der Waals surface area (Å²) in [6.45, 7) is 1.76. The molecule has 0 atom stereocenters. The summed E-state index contributed by atoms with van der Waals surface area (Å²) in [5.74, 6) is 0. The van der Waals surface area contributed by atoms with Crippen LogP contribution in [0.2, 0.25) is 0 Å². The SMILES string of the molecule is CN1CCc2c(cnn2-c2ccc(C(F)(F)F)cc2)C1. The van der Waals surface area contributed by atoms with Gasteiger partial charge in [0.2, 0.25) is 0 Å². The van der Waals surface area contributed by atoms with Gasteiger partial charge >= 0.3 is 6.18 Å². The lowest BCUT2D eigenvalue weighted by Crippen LogP contribution is -2.27. The lowest BCUT2D eigenvalue weighted by molar-refractivity contribution is -0.137. The molecule has 1 aromatic heterocycles. The number of fused-ring (bicyclic) bond motifs is 1. The Morgan fingerprint density at radius 3 is 2.50 bits per heavy atom. The Morgan fingerprint density at radius 1 is 1.15 bits per heavy atom. The third-order valence-electron chi connectivity index (χ3n) is 3.57. The Kier molecular flexibility index (Phi) is 3.05. The molecule has 0 bridgehead atoms. The lowest BCUT2D eigenvalue weighted by Gasteiger charge is -2.23. The number of likely N-dealkylation sites (N-methyl/N-ethyl adjacent to an activating group) is 1. The van der Waals surface area contributed by atoms with Crippen molar-refractivity contribution in [3.63, 3.8) is 0 Å². The summed E-state index contributed by atoms with van der Waals surface area (Å²) < 4.78 is 39.4. The van der Waals surface area contributed by atoms with E-state index in [9.17, 15) is 13.2 Å². The van der Waals surface area contributed by atoms with Crippen LogP contribution in [0.5, 0.6) is 0 Å². The fourth-order valence-electron chi connectivity index (χ4n) is 2.49. The van der Waals surface area contributed by atoms with Crippen LogP contribution in [0.15, 0.2) is 30.5 Å². The first kappa shape index (κ1) is 13.2. The fraction of sp³-hybridized carbons (Fsp3) is 0.357. The number of halogens is 3. The summed E-state index contributed by atoms with van der Waals surface area (Å²) in [5.41, 5.74) is 2.26. The van der Waals surface area contributed by atoms with Crippen molar-refractivity contribution in [1.82, 2.24) is 14.7 Å². The second-order valence-corrected chi connectivity index (χ2v) is 5.06. The highest BCUT2D eigenvalue weighted by atomic mass is 19.4. The van der Waals surface area contributed by atoms with Gasteiger partial charge in [-0.05, 0) is 31.3 Å². The van der Waals surface area contributed by atoms with Crippen molar-refractivity contribution >= 4 is 0 Å². The van der Waals surface area contributed by atoms with Crippen molar-refractivity contribution < 1.29 is 13.2 Å². The molecule has 0 N–H and O–H groups in total. The molecule has 2 aromatic rings. The second kappa shape index (κ2) is 4.63. The molecule has 106 valence electrons. The van der Waals surface area contributed by atoms with Gasteiger partial charge < -0.3 is 4.90 Å². The molecule has 0 aliphatic carbocycles. The van der Waals surface area contributed by atoms with E-state index in [1.54, 1.807) is 10.9 Å². The molecule has 0 saturated carbocycles. The molecular weight excluding hydrogens is 267 g/mol. The van der Waals surface area contributed by atoms with E-state index >= 15 is 0 Å². The first-order valence-electron chi connectivity index (χ1n) is 6.37. The molecule has 3 nitrogen and oxygen atoms in total.